The third-order valence-electron chi connectivity index (χ3n) is 4.96. The van der Waals surface area contributed by atoms with Crippen LogP contribution in [0.3, 0.4) is 0 Å². The highest BCUT2D eigenvalue weighted by Gasteiger charge is 2.39. The molecule has 0 unspecified atom stereocenters. The average molecular weight is 308 g/mol. The molecular formula is C16H24N2O2S. The van der Waals surface area contributed by atoms with E-state index in [0.717, 1.165) is 43.7 Å². The van der Waals surface area contributed by atoms with Crippen molar-refractivity contribution in [1.29, 1.82) is 0 Å². The normalized spacial score (nSPS) is 25.2. The molecule has 3 rings (SSSR count). The fraction of sp³-hybridized carbons (Fsp3) is 0.688. The number of amides is 1. The van der Waals surface area contributed by atoms with E-state index in [4.69, 9.17) is 0 Å². The number of carbonyl (C=O) groups is 1. The maximum Gasteiger partial charge on any atom is 0.225 e. The van der Waals surface area contributed by atoms with Crippen molar-refractivity contribution < 1.29 is 9.90 Å². The summed E-state index contributed by atoms with van der Waals surface area (Å²) in [6.45, 7) is 0.901. The van der Waals surface area contributed by atoms with Crippen molar-refractivity contribution in [2.45, 2.75) is 43.7 Å². The minimum atomic E-state index is -0.0611. The lowest BCUT2D eigenvalue weighted by molar-refractivity contribution is -0.135. The van der Waals surface area contributed by atoms with E-state index in [2.05, 4.69) is 17.0 Å². The first-order valence-corrected chi connectivity index (χ1v) is 9.02. The van der Waals surface area contributed by atoms with Gasteiger partial charge in [0, 0.05) is 18.9 Å². The van der Waals surface area contributed by atoms with Crippen LogP contribution in [-0.4, -0.2) is 51.2 Å². The van der Waals surface area contributed by atoms with Crippen molar-refractivity contribution >= 4 is 17.7 Å². The highest BCUT2D eigenvalue weighted by molar-refractivity contribution is 7.99. The Morgan fingerprint density at radius 2 is 2.00 bits per heavy atom. The smallest absolute Gasteiger partial charge is 0.225 e. The van der Waals surface area contributed by atoms with Gasteiger partial charge in [0.2, 0.25) is 5.91 Å². The van der Waals surface area contributed by atoms with E-state index in [9.17, 15) is 9.90 Å². The number of carbonyl (C=O) groups excluding carboxylic acids is 1. The van der Waals surface area contributed by atoms with Crippen LogP contribution in [-0.2, 0) is 10.3 Å². The molecule has 0 radical (unpaired) electrons. The third-order valence-corrected chi connectivity index (χ3v) is 5.95. The lowest BCUT2D eigenvalue weighted by Crippen LogP contribution is -2.45. The Hall–Kier alpha value is -0.940. The van der Waals surface area contributed by atoms with Crippen LogP contribution >= 0.6 is 11.8 Å². The first kappa shape index (κ1) is 15.0. The zero-order chi connectivity index (χ0) is 14.7. The summed E-state index contributed by atoms with van der Waals surface area (Å²) < 4.78 is 2.24. The molecule has 2 aliphatic rings. The summed E-state index contributed by atoms with van der Waals surface area (Å²) in [7, 11) is 0. The Morgan fingerprint density at radius 3 is 2.67 bits per heavy atom. The van der Waals surface area contributed by atoms with Gasteiger partial charge >= 0.3 is 0 Å². The van der Waals surface area contributed by atoms with E-state index >= 15 is 0 Å². The zero-order valence-corrected chi connectivity index (χ0v) is 13.2. The van der Waals surface area contributed by atoms with Crippen LogP contribution in [0.5, 0.6) is 0 Å². The van der Waals surface area contributed by atoms with E-state index in [1.54, 1.807) is 0 Å². The molecule has 1 atom stereocenters. The summed E-state index contributed by atoms with van der Waals surface area (Å²) in [6, 6.07) is 4.12. The number of aromatic nitrogens is 1. The summed E-state index contributed by atoms with van der Waals surface area (Å²) in [5.41, 5.74) is -0.0611. The standard InChI is InChI=1S/C16H24N2O2S/c19-13-14-4-3-9-18(14)15(20)12-16(5-10-21-11-6-16)17-7-1-2-8-17/h1-2,7-8,14,19H,3-6,9-13H2/t14-/m1/s1. The lowest BCUT2D eigenvalue weighted by Gasteiger charge is -2.39. The van der Waals surface area contributed by atoms with E-state index in [0.29, 0.717) is 6.42 Å². The number of likely N-dealkylation sites (tertiary alicyclic amines) is 1. The topological polar surface area (TPSA) is 45.5 Å². The molecule has 1 N–H and O–H groups in total. The quantitative estimate of drug-likeness (QED) is 0.926. The molecule has 2 fully saturated rings. The van der Waals surface area contributed by atoms with E-state index in [-0.39, 0.29) is 24.1 Å². The fourth-order valence-corrected chi connectivity index (χ4v) is 4.92. The van der Waals surface area contributed by atoms with Gasteiger partial charge in [-0.2, -0.15) is 11.8 Å². The van der Waals surface area contributed by atoms with Gasteiger partial charge in [0.15, 0.2) is 0 Å². The maximum absolute atomic E-state index is 12.8. The van der Waals surface area contributed by atoms with Gasteiger partial charge in [-0.15, -0.1) is 0 Å². The third kappa shape index (κ3) is 2.99. The Kier molecular flexibility index (Phi) is 4.60. The van der Waals surface area contributed by atoms with Gasteiger partial charge in [0.1, 0.15) is 0 Å². The van der Waals surface area contributed by atoms with Crippen LogP contribution in [0, 0.1) is 0 Å². The van der Waals surface area contributed by atoms with Crippen molar-refractivity contribution in [1.82, 2.24) is 9.47 Å². The number of thioether (sulfide) groups is 1. The van der Waals surface area contributed by atoms with Crippen LogP contribution in [0.1, 0.15) is 32.1 Å². The largest absolute Gasteiger partial charge is 0.394 e. The predicted octanol–water partition coefficient (Wildman–Crippen LogP) is 2.08. The molecule has 0 spiro atoms. The van der Waals surface area contributed by atoms with Gasteiger partial charge in [-0.3, -0.25) is 4.79 Å². The monoisotopic (exact) mass is 308 g/mol. The molecule has 3 heterocycles. The molecule has 1 aromatic rings. The second-order valence-corrected chi connectivity index (χ2v) is 7.39. The van der Waals surface area contributed by atoms with Gasteiger partial charge in [-0.05, 0) is 49.3 Å². The molecule has 5 heteroatoms. The number of hydrogen-bond acceptors (Lipinski definition) is 3. The average Bonchev–Trinajstić information content (AvgIpc) is 3.19. The highest BCUT2D eigenvalue weighted by Crippen LogP contribution is 2.38. The van der Waals surface area contributed by atoms with Crippen molar-refractivity contribution in [2.75, 3.05) is 24.7 Å². The van der Waals surface area contributed by atoms with Crippen LogP contribution < -0.4 is 0 Å². The Bertz CT molecular complexity index is 469. The molecule has 0 aromatic carbocycles. The van der Waals surface area contributed by atoms with Crippen molar-refractivity contribution in [3.8, 4) is 0 Å². The van der Waals surface area contributed by atoms with Crippen LogP contribution in [0.25, 0.3) is 0 Å². The molecule has 116 valence electrons. The lowest BCUT2D eigenvalue weighted by atomic mass is 9.87. The molecule has 2 saturated heterocycles. The first-order valence-electron chi connectivity index (χ1n) is 7.87. The fourth-order valence-electron chi connectivity index (χ4n) is 3.67. The number of aliphatic hydroxyl groups is 1. The Labute approximate surface area is 130 Å². The van der Waals surface area contributed by atoms with Gasteiger partial charge < -0.3 is 14.6 Å². The first-order chi connectivity index (χ1) is 10.2. The molecule has 0 bridgehead atoms. The second-order valence-electron chi connectivity index (χ2n) is 6.17. The molecule has 0 saturated carbocycles. The minimum Gasteiger partial charge on any atom is -0.394 e. The Morgan fingerprint density at radius 1 is 1.29 bits per heavy atom. The number of aliphatic hydroxyl groups excluding tert-OH is 1. The number of rotatable bonds is 4. The molecular weight excluding hydrogens is 284 g/mol. The SMILES string of the molecule is O=C(CC1(n2cccc2)CCSCC1)N1CCC[C@@H]1CO. The van der Waals surface area contributed by atoms with E-state index in [1.807, 2.05) is 28.8 Å². The highest BCUT2D eigenvalue weighted by atomic mass is 32.2. The van der Waals surface area contributed by atoms with Crippen LogP contribution in [0.15, 0.2) is 24.5 Å². The summed E-state index contributed by atoms with van der Waals surface area (Å²) in [5.74, 6) is 2.45. The van der Waals surface area contributed by atoms with Crippen LogP contribution in [0.4, 0.5) is 0 Å². The summed E-state index contributed by atoms with van der Waals surface area (Å²) in [5, 5.41) is 9.44. The van der Waals surface area contributed by atoms with E-state index < -0.39 is 0 Å². The summed E-state index contributed by atoms with van der Waals surface area (Å²) in [6.07, 6.45) is 8.82. The number of nitrogens with zero attached hydrogens (tertiary/aromatic N) is 2. The molecule has 2 aliphatic heterocycles. The molecule has 0 aliphatic carbocycles. The predicted molar refractivity (Wildman–Crippen MR) is 85.4 cm³/mol. The van der Waals surface area contributed by atoms with Crippen molar-refractivity contribution in [3.63, 3.8) is 0 Å². The van der Waals surface area contributed by atoms with Gasteiger partial charge in [-0.25, -0.2) is 0 Å². The summed E-state index contributed by atoms with van der Waals surface area (Å²) in [4.78, 5) is 14.7. The maximum atomic E-state index is 12.8. The minimum absolute atomic E-state index is 0.0391. The van der Waals surface area contributed by atoms with Crippen molar-refractivity contribution in [2.24, 2.45) is 0 Å². The second kappa shape index (κ2) is 6.44. The molecule has 4 nitrogen and oxygen atoms in total. The van der Waals surface area contributed by atoms with Crippen molar-refractivity contribution in [3.05, 3.63) is 24.5 Å². The molecule has 21 heavy (non-hydrogen) atoms. The van der Waals surface area contributed by atoms with E-state index in [1.165, 1.54) is 0 Å². The van der Waals surface area contributed by atoms with Gasteiger partial charge in [0.25, 0.3) is 0 Å². The Balaban J connectivity index is 1.77. The summed E-state index contributed by atoms with van der Waals surface area (Å²) >= 11 is 1.98. The van der Waals surface area contributed by atoms with Crippen LogP contribution in [0.2, 0.25) is 0 Å². The molecule has 1 aromatic heterocycles. The number of hydrogen-bond donors (Lipinski definition) is 1. The van der Waals surface area contributed by atoms with Gasteiger partial charge in [-0.1, -0.05) is 0 Å². The molecule has 1 amide bonds. The van der Waals surface area contributed by atoms with Gasteiger partial charge in [0.05, 0.1) is 24.6 Å². The zero-order valence-electron chi connectivity index (χ0n) is 12.4.